The van der Waals surface area contributed by atoms with Gasteiger partial charge in [0.1, 0.15) is 0 Å². The van der Waals surface area contributed by atoms with Crippen molar-refractivity contribution in [3.63, 3.8) is 0 Å². The second-order valence-electron chi connectivity index (χ2n) is 3.01. The molecule has 0 fully saturated rings. The zero-order valence-corrected chi connectivity index (χ0v) is 6.59. The van der Waals surface area contributed by atoms with E-state index in [1.54, 1.807) is 0 Å². The summed E-state index contributed by atoms with van der Waals surface area (Å²) < 4.78 is 0. The van der Waals surface area contributed by atoms with E-state index in [9.17, 15) is 0 Å². The van der Waals surface area contributed by atoms with Crippen LogP contribution in [-0.4, -0.2) is 23.1 Å². The summed E-state index contributed by atoms with van der Waals surface area (Å²) in [6.45, 7) is 4.46. The number of rotatable bonds is 2. The minimum Gasteiger partial charge on any atom is -0.0625 e. The molecule has 1 radical (unpaired) electrons. The van der Waals surface area contributed by atoms with Crippen LogP contribution in [0.2, 0.25) is 0 Å². The topological polar surface area (TPSA) is 0 Å². The van der Waals surface area contributed by atoms with Crippen LogP contribution in [0.25, 0.3) is 0 Å². The summed E-state index contributed by atoms with van der Waals surface area (Å²) in [6, 6.07) is 11.2. The van der Waals surface area contributed by atoms with Gasteiger partial charge < -0.3 is 0 Å². The minimum atomic E-state index is 0. The SMILES string of the molecule is CC(C)Cc1c[c]ccc1.[MgH2]. The molecule has 1 rings (SSSR count). The Hall–Kier alpha value is -0.0138. The van der Waals surface area contributed by atoms with Gasteiger partial charge in [-0.05, 0) is 24.0 Å². The van der Waals surface area contributed by atoms with Gasteiger partial charge in [-0.15, -0.1) is 0 Å². The molecule has 0 aliphatic rings. The van der Waals surface area contributed by atoms with Crippen molar-refractivity contribution in [2.45, 2.75) is 20.3 Å². The normalized spacial score (nSPS) is 9.36. The summed E-state index contributed by atoms with van der Waals surface area (Å²) in [5, 5.41) is 0. The number of hydrogen-bond donors (Lipinski definition) is 0. The zero-order chi connectivity index (χ0) is 7.40. The number of benzene rings is 1. The van der Waals surface area contributed by atoms with Crippen LogP contribution in [0.5, 0.6) is 0 Å². The molecule has 0 spiro atoms. The fourth-order valence-corrected chi connectivity index (χ4v) is 1.03. The first-order valence-electron chi connectivity index (χ1n) is 3.74. The van der Waals surface area contributed by atoms with Crippen molar-refractivity contribution in [3.8, 4) is 0 Å². The molecule has 57 valence electrons. The van der Waals surface area contributed by atoms with Crippen LogP contribution >= 0.6 is 0 Å². The second-order valence-corrected chi connectivity index (χ2v) is 3.01. The highest BCUT2D eigenvalue weighted by atomic mass is 24.3. The van der Waals surface area contributed by atoms with E-state index in [2.05, 4.69) is 32.0 Å². The predicted octanol–water partition coefficient (Wildman–Crippen LogP) is 1.77. The molecule has 0 bridgehead atoms. The first-order valence-corrected chi connectivity index (χ1v) is 3.74. The van der Waals surface area contributed by atoms with E-state index >= 15 is 0 Å². The zero-order valence-electron chi connectivity index (χ0n) is 6.59. The van der Waals surface area contributed by atoms with Crippen molar-refractivity contribution in [2.24, 2.45) is 5.92 Å². The number of hydrogen-bond acceptors (Lipinski definition) is 0. The first kappa shape index (κ1) is 11.0. The molecule has 0 aliphatic carbocycles. The second kappa shape index (κ2) is 5.61. The van der Waals surface area contributed by atoms with Gasteiger partial charge in [-0.3, -0.25) is 0 Å². The summed E-state index contributed by atoms with van der Waals surface area (Å²) in [6.07, 6.45) is 1.16. The van der Waals surface area contributed by atoms with Crippen LogP contribution in [0.3, 0.4) is 0 Å². The highest BCUT2D eigenvalue weighted by molar-refractivity contribution is 5.75. The van der Waals surface area contributed by atoms with Gasteiger partial charge in [-0.2, -0.15) is 0 Å². The molecule has 0 N–H and O–H groups in total. The lowest BCUT2D eigenvalue weighted by molar-refractivity contribution is 0.647. The molecule has 0 atom stereocenters. The van der Waals surface area contributed by atoms with Gasteiger partial charge in [0.05, 0.1) is 0 Å². The molecule has 1 heteroatoms. The quantitative estimate of drug-likeness (QED) is 0.577. The Bertz CT molecular complexity index is 179. The maximum absolute atomic E-state index is 3.07. The van der Waals surface area contributed by atoms with Crippen molar-refractivity contribution in [2.75, 3.05) is 0 Å². The molecule has 0 aromatic heterocycles. The van der Waals surface area contributed by atoms with Gasteiger partial charge in [0, 0.05) is 0 Å². The standard InChI is InChI=1S/C10H13.Mg.2H/c1-9(2)8-10-6-4-3-5-7-10;;;/h3-4,6-7,9H,8H2,1-2H3;;;. The predicted molar refractivity (Wildman–Crippen MR) is 52.4 cm³/mol. The maximum Gasteiger partial charge on any atom is 0.316 e. The molecule has 11 heavy (non-hydrogen) atoms. The molecular weight excluding hydrogens is 144 g/mol. The molecule has 0 saturated heterocycles. The van der Waals surface area contributed by atoms with Crippen molar-refractivity contribution in [1.29, 1.82) is 0 Å². The van der Waals surface area contributed by atoms with Gasteiger partial charge in [0.25, 0.3) is 0 Å². The molecular formula is C10H15Mg. The third-order valence-corrected chi connectivity index (χ3v) is 1.42. The van der Waals surface area contributed by atoms with Crippen molar-refractivity contribution in [1.82, 2.24) is 0 Å². The fraction of sp³-hybridized carbons (Fsp3) is 0.400. The average molecular weight is 160 g/mol. The van der Waals surface area contributed by atoms with E-state index in [-0.39, 0.29) is 23.1 Å². The van der Waals surface area contributed by atoms with E-state index in [4.69, 9.17) is 0 Å². The van der Waals surface area contributed by atoms with Gasteiger partial charge in [0.15, 0.2) is 0 Å². The van der Waals surface area contributed by atoms with E-state index in [0.717, 1.165) is 12.3 Å². The van der Waals surface area contributed by atoms with Crippen LogP contribution in [-0.2, 0) is 6.42 Å². The van der Waals surface area contributed by atoms with E-state index in [1.165, 1.54) is 5.56 Å². The lowest BCUT2D eigenvalue weighted by Crippen LogP contribution is -1.92. The van der Waals surface area contributed by atoms with Crippen molar-refractivity contribution in [3.05, 3.63) is 35.9 Å². The van der Waals surface area contributed by atoms with Crippen LogP contribution < -0.4 is 0 Å². The van der Waals surface area contributed by atoms with Gasteiger partial charge in [0.2, 0.25) is 0 Å². The Morgan fingerprint density at radius 1 is 1.45 bits per heavy atom. The molecule has 1 aromatic rings. The summed E-state index contributed by atoms with van der Waals surface area (Å²) in [5.74, 6) is 0.746. The summed E-state index contributed by atoms with van der Waals surface area (Å²) in [7, 11) is 0. The fourth-order valence-electron chi connectivity index (χ4n) is 1.03. The highest BCUT2D eigenvalue weighted by Gasteiger charge is 1.94. The van der Waals surface area contributed by atoms with Crippen LogP contribution in [0, 0.1) is 12.0 Å². The smallest absolute Gasteiger partial charge is 0.0625 e. The molecule has 0 heterocycles. The Balaban J connectivity index is 0.000001000. The largest absolute Gasteiger partial charge is 0.316 e. The van der Waals surface area contributed by atoms with Crippen molar-refractivity contribution >= 4 is 23.1 Å². The summed E-state index contributed by atoms with van der Waals surface area (Å²) >= 11 is 0. The molecule has 0 aliphatic heterocycles. The van der Waals surface area contributed by atoms with Crippen molar-refractivity contribution < 1.29 is 0 Å². The lowest BCUT2D eigenvalue weighted by Gasteiger charge is -2.02. The van der Waals surface area contributed by atoms with E-state index < -0.39 is 0 Å². The van der Waals surface area contributed by atoms with Gasteiger partial charge >= 0.3 is 23.1 Å². The van der Waals surface area contributed by atoms with E-state index in [1.807, 2.05) is 12.1 Å². The molecule has 1 aromatic carbocycles. The molecule has 0 saturated carbocycles. The maximum atomic E-state index is 3.07. The average Bonchev–Trinajstić information content (AvgIpc) is 1.88. The van der Waals surface area contributed by atoms with Gasteiger partial charge in [-0.25, -0.2) is 0 Å². The molecule has 0 unspecified atom stereocenters. The minimum absolute atomic E-state index is 0. The van der Waals surface area contributed by atoms with Gasteiger partial charge in [-0.1, -0.05) is 38.1 Å². The third-order valence-electron chi connectivity index (χ3n) is 1.42. The summed E-state index contributed by atoms with van der Waals surface area (Å²) in [5.41, 5.74) is 1.39. The molecule has 0 amide bonds. The van der Waals surface area contributed by atoms with Crippen LogP contribution in [0.15, 0.2) is 24.3 Å². The highest BCUT2D eigenvalue weighted by Crippen LogP contribution is 2.05. The van der Waals surface area contributed by atoms with E-state index in [0.29, 0.717) is 0 Å². The Morgan fingerprint density at radius 3 is 2.64 bits per heavy atom. The third kappa shape index (κ3) is 4.43. The van der Waals surface area contributed by atoms with Crippen LogP contribution in [0.1, 0.15) is 19.4 Å². The lowest BCUT2D eigenvalue weighted by atomic mass is 10.0. The summed E-state index contributed by atoms with van der Waals surface area (Å²) in [4.78, 5) is 0. The Labute approximate surface area is 85.2 Å². The monoisotopic (exact) mass is 159 g/mol. The Morgan fingerprint density at radius 2 is 2.18 bits per heavy atom. The van der Waals surface area contributed by atoms with Crippen LogP contribution in [0.4, 0.5) is 0 Å². The molecule has 0 nitrogen and oxygen atoms in total. The Kier molecular flexibility index (Phi) is 5.61. The first-order chi connectivity index (χ1) is 4.79.